The third kappa shape index (κ3) is 3.69. The first-order valence-electron chi connectivity index (χ1n) is 5.25. The Morgan fingerprint density at radius 2 is 2.00 bits per heavy atom. The average molecular weight is 239 g/mol. The molecule has 0 aliphatic heterocycles. The average Bonchev–Trinajstić information content (AvgIpc) is 2.27. The summed E-state index contributed by atoms with van der Waals surface area (Å²) in [7, 11) is 0. The van der Waals surface area contributed by atoms with Crippen LogP contribution in [0.15, 0.2) is 24.3 Å². The number of anilines is 1. The van der Waals surface area contributed by atoms with Crippen LogP contribution in [0.4, 0.5) is 11.4 Å². The monoisotopic (exact) mass is 239 g/mol. The van der Waals surface area contributed by atoms with Gasteiger partial charge in [-0.25, -0.2) is 0 Å². The maximum Gasteiger partial charge on any atom is 0.269 e. The van der Waals surface area contributed by atoms with Crippen LogP contribution in [0, 0.1) is 15.5 Å². The van der Waals surface area contributed by atoms with E-state index >= 15 is 0 Å². The number of nitrogens with one attached hydrogen (secondary N) is 1. The lowest BCUT2D eigenvalue weighted by Crippen LogP contribution is -2.41. The fourth-order valence-corrected chi connectivity index (χ4v) is 1.14. The van der Waals surface area contributed by atoms with Crippen LogP contribution < -0.4 is 11.1 Å². The van der Waals surface area contributed by atoms with E-state index in [1.165, 1.54) is 12.1 Å². The molecule has 0 aromatic heterocycles. The predicted molar refractivity (Wildman–Crippen MR) is 65.6 cm³/mol. The fraction of sp³-hybridized carbons (Fsp3) is 0.455. The van der Waals surface area contributed by atoms with Gasteiger partial charge in [0.05, 0.1) is 4.92 Å². The number of hydrogen-bond donors (Lipinski definition) is 3. The van der Waals surface area contributed by atoms with E-state index in [1.807, 2.05) is 13.8 Å². The topological polar surface area (TPSA) is 101 Å². The normalized spacial score (nSPS) is 13.2. The van der Waals surface area contributed by atoms with Crippen molar-refractivity contribution in [1.29, 1.82) is 0 Å². The Bertz CT molecular complexity index is 387. The third-order valence-electron chi connectivity index (χ3n) is 2.63. The van der Waals surface area contributed by atoms with Crippen LogP contribution in [-0.2, 0) is 0 Å². The minimum absolute atomic E-state index is 0.0497. The number of rotatable bonds is 5. The molecule has 4 N–H and O–H groups in total. The maximum atomic E-state index is 10.5. The van der Waals surface area contributed by atoms with E-state index < -0.39 is 16.6 Å². The van der Waals surface area contributed by atoms with Crippen LogP contribution in [-0.4, -0.2) is 22.8 Å². The minimum Gasteiger partial charge on any atom is -0.384 e. The number of aliphatic hydroxyl groups excluding tert-OH is 1. The zero-order valence-electron chi connectivity index (χ0n) is 9.88. The molecule has 1 rings (SSSR count). The highest BCUT2D eigenvalue weighted by molar-refractivity contribution is 5.48. The Morgan fingerprint density at radius 3 is 2.41 bits per heavy atom. The van der Waals surface area contributed by atoms with Crippen molar-refractivity contribution in [3.63, 3.8) is 0 Å². The Labute approximate surface area is 99.6 Å². The second-order valence-electron chi connectivity index (χ2n) is 4.59. The molecule has 0 saturated heterocycles. The predicted octanol–water partition coefficient (Wildman–Crippen LogP) is 1.31. The van der Waals surface area contributed by atoms with E-state index in [9.17, 15) is 15.2 Å². The summed E-state index contributed by atoms with van der Waals surface area (Å²) in [4.78, 5) is 10.0. The van der Waals surface area contributed by atoms with Crippen molar-refractivity contribution in [1.82, 2.24) is 0 Å². The lowest BCUT2D eigenvalue weighted by Gasteiger charge is -2.28. The largest absolute Gasteiger partial charge is 0.384 e. The molecule has 0 saturated carbocycles. The van der Waals surface area contributed by atoms with Gasteiger partial charge in [-0.2, -0.15) is 0 Å². The molecule has 6 nitrogen and oxygen atoms in total. The number of aliphatic hydroxyl groups is 1. The van der Waals surface area contributed by atoms with Gasteiger partial charge in [0.2, 0.25) is 0 Å². The molecule has 1 aromatic carbocycles. The van der Waals surface area contributed by atoms with Crippen LogP contribution in [0.25, 0.3) is 0 Å². The van der Waals surface area contributed by atoms with Crippen molar-refractivity contribution in [3.05, 3.63) is 34.4 Å². The van der Waals surface area contributed by atoms with E-state index in [4.69, 9.17) is 5.73 Å². The van der Waals surface area contributed by atoms with Crippen LogP contribution >= 0.6 is 0 Å². The Morgan fingerprint density at radius 1 is 1.47 bits per heavy atom. The molecule has 1 aromatic rings. The summed E-state index contributed by atoms with van der Waals surface area (Å²) in [6.45, 7) is 4.13. The number of nitrogens with two attached hydrogens (primary N) is 1. The number of non-ortho nitro benzene ring substituents is 1. The van der Waals surface area contributed by atoms with E-state index in [-0.39, 0.29) is 5.69 Å². The van der Waals surface area contributed by atoms with Crippen molar-refractivity contribution in [2.45, 2.75) is 20.1 Å². The van der Waals surface area contributed by atoms with Crippen molar-refractivity contribution in [3.8, 4) is 0 Å². The van der Waals surface area contributed by atoms with E-state index in [1.54, 1.807) is 12.1 Å². The van der Waals surface area contributed by atoms with Gasteiger partial charge in [-0.15, -0.1) is 0 Å². The Kier molecular flexibility index (Phi) is 4.03. The smallest absolute Gasteiger partial charge is 0.269 e. The second kappa shape index (κ2) is 5.11. The number of nitrogens with zero attached hydrogens (tertiary/aromatic N) is 1. The van der Waals surface area contributed by atoms with Crippen LogP contribution in [0.3, 0.4) is 0 Å². The third-order valence-corrected chi connectivity index (χ3v) is 2.63. The van der Waals surface area contributed by atoms with Gasteiger partial charge >= 0.3 is 0 Å². The molecular formula is C11H17N3O3. The van der Waals surface area contributed by atoms with Gasteiger partial charge in [0.15, 0.2) is 0 Å². The van der Waals surface area contributed by atoms with Crippen LogP contribution in [0.2, 0.25) is 0 Å². The quantitative estimate of drug-likeness (QED) is 0.408. The van der Waals surface area contributed by atoms with Crippen molar-refractivity contribution in [2.24, 2.45) is 11.1 Å². The summed E-state index contributed by atoms with van der Waals surface area (Å²) >= 11 is 0. The summed E-state index contributed by atoms with van der Waals surface area (Å²) < 4.78 is 0. The van der Waals surface area contributed by atoms with Gasteiger partial charge in [0.25, 0.3) is 5.69 Å². The lowest BCUT2D eigenvalue weighted by molar-refractivity contribution is -0.384. The molecule has 0 aliphatic rings. The van der Waals surface area contributed by atoms with Gasteiger partial charge < -0.3 is 16.2 Å². The molecule has 0 spiro atoms. The maximum absolute atomic E-state index is 10.5. The van der Waals surface area contributed by atoms with Gasteiger partial charge in [-0.3, -0.25) is 10.1 Å². The molecule has 0 radical (unpaired) electrons. The Hall–Kier alpha value is -1.66. The van der Waals surface area contributed by atoms with E-state index in [2.05, 4.69) is 5.32 Å². The summed E-state index contributed by atoms with van der Waals surface area (Å²) in [5.74, 6) is 0. The van der Waals surface area contributed by atoms with Gasteiger partial charge in [-0.05, 0) is 12.1 Å². The molecular weight excluding hydrogens is 222 g/mol. The molecule has 0 amide bonds. The van der Waals surface area contributed by atoms with Crippen molar-refractivity contribution >= 4 is 11.4 Å². The summed E-state index contributed by atoms with van der Waals surface area (Å²) in [5.41, 5.74) is 5.76. The standard InChI is InChI=1S/C11H17N3O3/c1-11(2,10(12)15)7-13-8-3-5-9(6-4-8)14(16)17/h3-6,10,13,15H,7,12H2,1-2H3. The molecule has 0 fully saturated rings. The molecule has 0 aliphatic carbocycles. The number of hydrogen-bond acceptors (Lipinski definition) is 5. The minimum atomic E-state index is -0.923. The zero-order valence-corrected chi connectivity index (χ0v) is 9.88. The molecule has 0 bridgehead atoms. The van der Waals surface area contributed by atoms with E-state index in [0.717, 1.165) is 5.69 Å². The summed E-state index contributed by atoms with van der Waals surface area (Å²) in [6.07, 6.45) is -0.923. The highest BCUT2D eigenvalue weighted by atomic mass is 16.6. The van der Waals surface area contributed by atoms with Gasteiger partial charge in [0.1, 0.15) is 6.23 Å². The molecule has 6 heteroatoms. The first-order valence-corrected chi connectivity index (χ1v) is 5.25. The molecule has 17 heavy (non-hydrogen) atoms. The summed E-state index contributed by atoms with van der Waals surface area (Å²) in [5, 5.41) is 22.8. The summed E-state index contributed by atoms with van der Waals surface area (Å²) in [6, 6.07) is 6.09. The van der Waals surface area contributed by atoms with Crippen molar-refractivity contribution in [2.75, 3.05) is 11.9 Å². The number of nitro groups is 1. The molecule has 94 valence electrons. The molecule has 1 unspecified atom stereocenters. The van der Waals surface area contributed by atoms with E-state index in [0.29, 0.717) is 6.54 Å². The van der Waals surface area contributed by atoms with Gasteiger partial charge in [0, 0.05) is 29.8 Å². The van der Waals surface area contributed by atoms with Gasteiger partial charge in [-0.1, -0.05) is 13.8 Å². The van der Waals surface area contributed by atoms with Crippen LogP contribution in [0.1, 0.15) is 13.8 Å². The second-order valence-corrected chi connectivity index (χ2v) is 4.59. The molecule has 1 atom stereocenters. The number of nitro benzene ring substituents is 1. The first kappa shape index (κ1) is 13.4. The highest BCUT2D eigenvalue weighted by Crippen LogP contribution is 2.20. The number of benzene rings is 1. The first-order chi connectivity index (χ1) is 7.83. The van der Waals surface area contributed by atoms with Crippen molar-refractivity contribution < 1.29 is 10.0 Å². The zero-order chi connectivity index (χ0) is 13.1. The fourth-order valence-electron chi connectivity index (χ4n) is 1.14. The SMILES string of the molecule is CC(C)(CNc1ccc([N+](=O)[O-])cc1)C(N)O. The lowest BCUT2D eigenvalue weighted by atomic mass is 9.91. The molecule has 0 heterocycles. The highest BCUT2D eigenvalue weighted by Gasteiger charge is 2.24. The Balaban J connectivity index is 2.62. The van der Waals surface area contributed by atoms with Crippen LogP contribution in [0.5, 0.6) is 0 Å².